The smallest absolute Gasteiger partial charge is 0.223 e. The predicted octanol–water partition coefficient (Wildman–Crippen LogP) is 4.86. The quantitative estimate of drug-likeness (QED) is 0.770. The summed E-state index contributed by atoms with van der Waals surface area (Å²) in [6.07, 6.45) is 4.11. The second-order valence-electron chi connectivity index (χ2n) is 6.81. The highest BCUT2D eigenvalue weighted by molar-refractivity contribution is 5.78. The van der Waals surface area contributed by atoms with Crippen molar-refractivity contribution in [2.24, 2.45) is 5.92 Å². The zero-order valence-corrected chi connectivity index (χ0v) is 14.5. The van der Waals surface area contributed by atoms with E-state index in [1.165, 1.54) is 17.5 Å². The first-order chi connectivity index (χ1) is 11.8. The summed E-state index contributed by atoms with van der Waals surface area (Å²) >= 11 is 0. The van der Waals surface area contributed by atoms with E-state index in [0.717, 1.165) is 31.8 Å². The summed E-state index contributed by atoms with van der Waals surface area (Å²) in [4.78, 5) is 15.0. The zero-order valence-electron chi connectivity index (χ0n) is 14.5. The summed E-state index contributed by atoms with van der Waals surface area (Å²) in [7, 11) is 0. The van der Waals surface area contributed by atoms with Gasteiger partial charge in [-0.2, -0.15) is 0 Å². The lowest BCUT2D eigenvalue weighted by molar-refractivity contribution is -0.132. The molecular formula is C22H27NO. The number of carbonyl (C=O) groups excluding carboxylic acids is 1. The molecule has 1 aliphatic rings. The summed E-state index contributed by atoms with van der Waals surface area (Å²) in [5.74, 6) is 1.24. The van der Waals surface area contributed by atoms with Gasteiger partial charge in [0, 0.05) is 25.4 Å². The molecule has 3 rings (SSSR count). The van der Waals surface area contributed by atoms with Gasteiger partial charge in [0.15, 0.2) is 0 Å². The van der Waals surface area contributed by atoms with E-state index >= 15 is 0 Å². The average molecular weight is 321 g/mol. The van der Waals surface area contributed by atoms with E-state index in [-0.39, 0.29) is 5.92 Å². The van der Waals surface area contributed by atoms with Crippen LogP contribution in [0.3, 0.4) is 0 Å². The van der Waals surface area contributed by atoms with Crippen molar-refractivity contribution in [3.63, 3.8) is 0 Å². The lowest BCUT2D eigenvalue weighted by atomic mass is 9.87. The van der Waals surface area contributed by atoms with Crippen molar-refractivity contribution in [3.8, 4) is 0 Å². The third kappa shape index (κ3) is 4.05. The van der Waals surface area contributed by atoms with E-state index in [1.807, 2.05) is 12.1 Å². The summed E-state index contributed by atoms with van der Waals surface area (Å²) in [5.41, 5.74) is 2.45. The first-order valence-corrected chi connectivity index (χ1v) is 9.15. The van der Waals surface area contributed by atoms with Crippen molar-refractivity contribution in [2.75, 3.05) is 13.1 Å². The van der Waals surface area contributed by atoms with Gasteiger partial charge in [-0.1, -0.05) is 74.0 Å². The highest BCUT2D eigenvalue weighted by Gasteiger charge is 2.25. The van der Waals surface area contributed by atoms with E-state index in [4.69, 9.17) is 0 Å². The average Bonchev–Trinajstić information content (AvgIpc) is 2.67. The molecular weight excluding hydrogens is 294 g/mol. The van der Waals surface area contributed by atoms with Gasteiger partial charge < -0.3 is 4.90 Å². The van der Waals surface area contributed by atoms with Gasteiger partial charge >= 0.3 is 0 Å². The molecule has 2 aromatic carbocycles. The van der Waals surface area contributed by atoms with Gasteiger partial charge in [-0.05, 0) is 29.9 Å². The number of nitrogens with zero attached hydrogens (tertiary/aromatic N) is 1. The van der Waals surface area contributed by atoms with Crippen molar-refractivity contribution in [1.29, 1.82) is 0 Å². The topological polar surface area (TPSA) is 20.3 Å². The van der Waals surface area contributed by atoms with Crippen LogP contribution in [-0.4, -0.2) is 23.9 Å². The van der Waals surface area contributed by atoms with Crippen molar-refractivity contribution < 1.29 is 4.79 Å². The predicted molar refractivity (Wildman–Crippen MR) is 98.9 cm³/mol. The molecule has 0 N–H and O–H groups in total. The van der Waals surface area contributed by atoms with Crippen molar-refractivity contribution in [1.82, 2.24) is 4.90 Å². The van der Waals surface area contributed by atoms with E-state index in [0.29, 0.717) is 12.3 Å². The molecule has 0 spiro atoms. The van der Waals surface area contributed by atoms with Gasteiger partial charge in [0.05, 0.1) is 0 Å². The number of hydrogen-bond donors (Lipinski definition) is 0. The molecule has 0 aliphatic carbocycles. The molecule has 0 radical (unpaired) electrons. The molecule has 1 fully saturated rings. The number of likely N-dealkylation sites (tertiary alicyclic amines) is 1. The fraction of sp³-hybridized carbons (Fsp3) is 0.409. The molecule has 1 amide bonds. The lowest BCUT2D eigenvalue weighted by Gasteiger charge is -2.32. The Morgan fingerprint density at radius 1 is 0.958 bits per heavy atom. The number of benzene rings is 2. The molecule has 2 aromatic rings. The largest absolute Gasteiger partial charge is 0.343 e. The Labute approximate surface area is 145 Å². The number of piperidine rings is 1. The summed E-state index contributed by atoms with van der Waals surface area (Å²) < 4.78 is 0. The number of carbonyl (C=O) groups is 1. The van der Waals surface area contributed by atoms with Crippen LogP contribution in [0.4, 0.5) is 0 Å². The third-order valence-electron chi connectivity index (χ3n) is 5.33. The summed E-state index contributed by atoms with van der Waals surface area (Å²) in [6.45, 7) is 4.10. The first kappa shape index (κ1) is 16.8. The maximum absolute atomic E-state index is 12.9. The minimum Gasteiger partial charge on any atom is -0.343 e. The fourth-order valence-electron chi connectivity index (χ4n) is 3.69. The van der Waals surface area contributed by atoms with Crippen LogP contribution in [-0.2, 0) is 4.79 Å². The number of amides is 1. The molecule has 0 aromatic heterocycles. The van der Waals surface area contributed by atoms with Crippen molar-refractivity contribution in [2.45, 2.75) is 38.5 Å². The van der Waals surface area contributed by atoms with Crippen LogP contribution in [0, 0.1) is 5.92 Å². The zero-order chi connectivity index (χ0) is 16.8. The standard InChI is InChI=1S/C22H27NO/c1-2-18-13-15-23(16-14-18)22(24)17-21(19-9-5-3-6-10-19)20-11-7-4-8-12-20/h3-12,18,21H,2,13-17H2,1H3. The summed E-state index contributed by atoms with van der Waals surface area (Å²) in [6, 6.07) is 20.8. The molecule has 1 saturated heterocycles. The van der Waals surface area contributed by atoms with Crippen LogP contribution in [0.1, 0.15) is 49.7 Å². The van der Waals surface area contributed by atoms with E-state index in [2.05, 4.69) is 60.4 Å². The molecule has 0 saturated carbocycles. The first-order valence-electron chi connectivity index (χ1n) is 9.15. The molecule has 1 heterocycles. The van der Waals surface area contributed by atoms with E-state index in [9.17, 15) is 4.79 Å². The van der Waals surface area contributed by atoms with Gasteiger partial charge in [0.2, 0.25) is 5.91 Å². The second kappa shape index (κ2) is 8.14. The number of rotatable bonds is 5. The van der Waals surface area contributed by atoms with Gasteiger partial charge in [-0.15, -0.1) is 0 Å². The highest BCUT2D eigenvalue weighted by Crippen LogP contribution is 2.29. The van der Waals surface area contributed by atoms with E-state index in [1.54, 1.807) is 0 Å². The Morgan fingerprint density at radius 2 is 1.46 bits per heavy atom. The van der Waals surface area contributed by atoms with Gasteiger partial charge in [-0.25, -0.2) is 0 Å². The van der Waals surface area contributed by atoms with Crippen LogP contribution in [0.15, 0.2) is 60.7 Å². The van der Waals surface area contributed by atoms with Crippen LogP contribution in [0.5, 0.6) is 0 Å². The maximum Gasteiger partial charge on any atom is 0.223 e. The molecule has 1 aliphatic heterocycles. The normalized spacial score (nSPS) is 15.7. The summed E-state index contributed by atoms with van der Waals surface area (Å²) in [5, 5.41) is 0. The fourth-order valence-corrected chi connectivity index (χ4v) is 3.69. The van der Waals surface area contributed by atoms with Crippen LogP contribution in [0.2, 0.25) is 0 Å². The van der Waals surface area contributed by atoms with Crippen LogP contribution in [0.25, 0.3) is 0 Å². The third-order valence-corrected chi connectivity index (χ3v) is 5.33. The van der Waals surface area contributed by atoms with Gasteiger partial charge in [-0.3, -0.25) is 4.79 Å². The molecule has 0 unspecified atom stereocenters. The van der Waals surface area contributed by atoms with Crippen molar-refractivity contribution in [3.05, 3.63) is 71.8 Å². The van der Waals surface area contributed by atoms with Crippen LogP contribution < -0.4 is 0 Å². The van der Waals surface area contributed by atoms with Crippen LogP contribution >= 0.6 is 0 Å². The van der Waals surface area contributed by atoms with Gasteiger partial charge in [0.25, 0.3) is 0 Å². The molecule has 2 nitrogen and oxygen atoms in total. The molecule has 2 heteroatoms. The number of hydrogen-bond acceptors (Lipinski definition) is 1. The SMILES string of the molecule is CCC1CCN(C(=O)CC(c2ccccc2)c2ccccc2)CC1. The van der Waals surface area contributed by atoms with Gasteiger partial charge in [0.1, 0.15) is 0 Å². The highest BCUT2D eigenvalue weighted by atomic mass is 16.2. The molecule has 0 bridgehead atoms. The minimum atomic E-state index is 0.142. The second-order valence-corrected chi connectivity index (χ2v) is 6.81. The minimum absolute atomic E-state index is 0.142. The lowest BCUT2D eigenvalue weighted by Crippen LogP contribution is -2.39. The molecule has 126 valence electrons. The Balaban J connectivity index is 1.74. The van der Waals surface area contributed by atoms with E-state index < -0.39 is 0 Å². The maximum atomic E-state index is 12.9. The molecule has 24 heavy (non-hydrogen) atoms. The Morgan fingerprint density at radius 3 is 1.92 bits per heavy atom. The monoisotopic (exact) mass is 321 g/mol. The molecule has 0 atom stereocenters. The van der Waals surface area contributed by atoms with Crippen molar-refractivity contribution >= 4 is 5.91 Å². The Hall–Kier alpha value is -2.09. The Kier molecular flexibility index (Phi) is 5.68. The Bertz CT molecular complexity index is 590.